The molecule has 7 heteroatoms. The Morgan fingerprint density at radius 2 is 1.88 bits per heavy atom. The molecule has 1 amide bonds. The molecule has 2 atom stereocenters. The Hall–Kier alpha value is -2.50. The quantitative estimate of drug-likeness (QED) is 0.593. The number of aromatic amines is 1. The summed E-state index contributed by atoms with van der Waals surface area (Å²) in [4.78, 5) is 27.1. The first kappa shape index (κ1) is 16.9. The van der Waals surface area contributed by atoms with Crippen molar-refractivity contribution < 1.29 is 14.7 Å². The molecule has 3 N–H and O–H groups in total. The van der Waals surface area contributed by atoms with E-state index in [0.717, 1.165) is 0 Å². The van der Waals surface area contributed by atoms with Crippen molar-refractivity contribution in [3.05, 3.63) is 63.8 Å². The van der Waals surface area contributed by atoms with E-state index >= 15 is 0 Å². The molecule has 1 aliphatic rings. The van der Waals surface area contributed by atoms with E-state index < -0.39 is 5.97 Å². The van der Waals surface area contributed by atoms with Crippen LogP contribution in [0.25, 0.3) is 10.9 Å². The molecule has 0 bridgehead atoms. The lowest BCUT2D eigenvalue weighted by Gasteiger charge is -2.06. The minimum Gasteiger partial charge on any atom is -0.477 e. The second-order valence-corrected chi connectivity index (χ2v) is 7.18. The summed E-state index contributed by atoms with van der Waals surface area (Å²) in [6.07, 6.45) is 0.574. The summed E-state index contributed by atoms with van der Waals surface area (Å²) in [5.74, 6) is -1.70. The highest BCUT2D eigenvalue weighted by Crippen LogP contribution is 2.52. The minimum absolute atomic E-state index is 0.0594. The van der Waals surface area contributed by atoms with E-state index in [9.17, 15) is 14.7 Å². The van der Waals surface area contributed by atoms with E-state index in [1.807, 2.05) is 30.3 Å². The number of carboxylic acid groups (broad SMARTS) is 1. The molecule has 1 saturated carbocycles. The van der Waals surface area contributed by atoms with Crippen LogP contribution in [0.3, 0.4) is 0 Å². The average Bonchev–Trinajstić information content (AvgIpc) is 3.29. The molecule has 26 heavy (non-hydrogen) atoms. The average molecular weight is 389 g/mol. The van der Waals surface area contributed by atoms with Crippen LogP contribution in [0.4, 0.5) is 5.69 Å². The monoisotopic (exact) mass is 388 g/mol. The predicted molar refractivity (Wildman–Crippen MR) is 101 cm³/mol. The van der Waals surface area contributed by atoms with Gasteiger partial charge in [-0.15, -0.1) is 0 Å². The van der Waals surface area contributed by atoms with Gasteiger partial charge in [-0.2, -0.15) is 0 Å². The van der Waals surface area contributed by atoms with E-state index in [0.29, 0.717) is 38.6 Å². The highest BCUT2D eigenvalue weighted by molar-refractivity contribution is 6.39. The molecule has 0 radical (unpaired) electrons. The Bertz CT molecular complexity index is 1030. The lowest BCUT2D eigenvalue weighted by Crippen LogP contribution is -2.14. The number of carboxylic acids is 1. The first-order valence-corrected chi connectivity index (χ1v) is 8.81. The molecule has 3 aromatic rings. The van der Waals surface area contributed by atoms with E-state index in [2.05, 4.69) is 10.3 Å². The van der Waals surface area contributed by atoms with Crippen LogP contribution in [0.15, 0.2) is 42.5 Å². The molecule has 1 aromatic heterocycles. The van der Waals surface area contributed by atoms with Crippen LogP contribution in [-0.2, 0) is 4.79 Å². The number of hydrogen-bond acceptors (Lipinski definition) is 2. The standard InChI is InChI=1S/C19H14Cl2N2O3/c20-9-6-13(21)16-14(7-9)23-17(19(25)26)15(16)11-8-12(11)18(24)22-10-4-2-1-3-5-10/h1-7,11-12,23H,8H2,(H,22,24)(H,25,26)/t11-,12-/m1/s1. The molecule has 132 valence electrons. The van der Waals surface area contributed by atoms with Gasteiger partial charge in [-0.25, -0.2) is 4.79 Å². The third-order valence-corrected chi connectivity index (χ3v) is 5.12. The second kappa shape index (κ2) is 6.34. The van der Waals surface area contributed by atoms with Gasteiger partial charge in [0, 0.05) is 27.5 Å². The molecular weight excluding hydrogens is 375 g/mol. The van der Waals surface area contributed by atoms with E-state index in [4.69, 9.17) is 23.2 Å². The van der Waals surface area contributed by atoms with Crippen LogP contribution in [0, 0.1) is 5.92 Å². The lowest BCUT2D eigenvalue weighted by molar-refractivity contribution is -0.117. The highest BCUT2D eigenvalue weighted by atomic mass is 35.5. The Morgan fingerprint density at radius 3 is 2.58 bits per heavy atom. The second-order valence-electron chi connectivity index (χ2n) is 6.33. The van der Waals surface area contributed by atoms with Gasteiger partial charge >= 0.3 is 5.97 Å². The number of halogens is 2. The van der Waals surface area contributed by atoms with E-state index in [1.165, 1.54) is 0 Å². The van der Waals surface area contributed by atoms with E-state index in [1.54, 1.807) is 12.1 Å². The van der Waals surface area contributed by atoms with Crippen LogP contribution < -0.4 is 5.32 Å². The number of anilines is 1. The fourth-order valence-corrected chi connectivity index (χ4v) is 3.97. The zero-order valence-electron chi connectivity index (χ0n) is 13.4. The van der Waals surface area contributed by atoms with Gasteiger partial charge in [-0.3, -0.25) is 4.79 Å². The van der Waals surface area contributed by atoms with Gasteiger partial charge in [0.25, 0.3) is 0 Å². The highest BCUT2D eigenvalue weighted by Gasteiger charge is 2.47. The fraction of sp³-hybridized carbons (Fsp3) is 0.158. The Labute approximate surface area is 158 Å². The molecule has 1 fully saturated rings. The van der Waals surface area contributed by atoms with Gasteiger partial charge < -0.3 is 15.4 Å². The maximum Gasteiger partial charge on any atom is 0.352 e. The predicted octanol–water partition coefficient (Wildman–Crippen LogP) is 4.92. The molecule has 0 unspecified atom stereocenters. The van der Waals surface area contributed by atoms with Crippen molar-refractivity contribution in [2.75, 3.05) is 5.32 Å². The third-order valence-electron chi connectivity index (χ3n) is 4.61. The number of rotatable bonds is 4. The van der Waals surface area contributed by atoms with Crippen molar-refractivity contribution in [3.63, 3.8) is 0 Å². The number of fused-ring (bicyclic) bond motifs is 1. The first-order chi connectivity index (χ1) is 12.5. The maximum atomic E-state index is 12.5. The zero-order chi connectivity index (χ0) is 18.4. The summed E-state index contributed by atoms with van der Waals surface area (Å²) < 4.78 is 0. The molecule has 0 aliphatic heterocycles. The van der Waals surface area contributed by atoms with Crippen molar-refractivity contribution in [1.29, 1.82) is 0 Å². The van der Waals surface area contributed by atoms with Crippen molar-refractivity contribution in [2.45, 2.75) is 12.3 Å². The molecule has 4 rings (SSSR count). The van der Waals surface area contributed by atoms with E-state index in [-0.39, 0.29) is 23.4 Å². The summed E-state index contributed by atoms with van der Waals surface area (Å²) in [6, 6.07) is 12.4. The fourth-order valence-electron chi connectivity index (χ4n) is 3.37. The zero-order valence-corrected chi connectivity index (χ0v) is 14.9. The number of H-pyrrole nitrogens is 1. The molecule has 1 aliphatic carbocycles. The molecule has 2 aromatic carbocycles. The van der Waals surface area contributed by atoms with Crippen molar-refractivity contribution >= 4 is 51.7 Å². The van der Waals surface area contributed by atoms with Crippen LogP contribution in [0.5, 0.6) is 0 Å². The Morgan fingerprint density at radius 1 is 1.15 bits per heavy atom. The number of carbonyl (C=O) groups excluding carboxylic acids is 1. The van der Waals surface area contributed by atoms with Crippen molar-refractivity contribution in [2.24, 2.45) is 5.92 Å². The van der Waals surface area contributed by atoms with Gasteiger partial charge in [0.05, 0.1) is 5.02 Å². The molecule has 0 saturated heterocycles. The van der Waals surface area contributed by atoms with Gasteiger partial charge in [-0.05, 0) is 42.2 Å². The lowest BCUT2D eigenvalue weighted by atomic mass is 10.0. The third kappa shape index (κ3) is 2.93. The number of carbonyl (C=O) groups is 2. The Balaban J connectivity index is 1.68. The topological polar surface area (TPSA) is 82.2 Å². The van der Waals surface area contributed by atoms with Crippen LogP contribution >= 0.6 is 23.2 Å². The number of aromatic carboxylic acids is 1. The maximum absolute atomic E-state index is 12.5. The number of para-hydroxylation sites is 1. The Kier molecular flexibility index (Phi) is 4.13. The number of benzene rings is 2. The van der Waals surface area contributed by atoms with Gasteiger partial charge in [-0.1, -0.05) is 41.4 Å². The number of amides is 1. The summed E-state index contributed by atoms with van der Waals surface area (Å²) in [6.45, 7) is 0. The first-order valence-electron chi connectivity index (χ1n) is 8.05. The summed E-state index contributed by atoms with van der Waals surface area (Å²) in [5.41, 5.74) is 1.90. The minimum atomic E-state index is -1.09. The van der Waals surface area contributed by atoms with Gasteiger partial charge in [0.2, 0.25) is 5.91 Å². The summed E-state index contributed by atoms with van der Waals surface area (Å²) >= 11 is 12.3. The van der Waals surface area contributed by atoms with Crippen LogP contribution in [0.2, 0.25) is 10.0 Å². The van der Waals surface area contributed by atoms with Crippen LogP contribution in [0.1, 0.15) is 28.4 Å². The molecule has 5 nitrogen and oxygen atoms in total. The van der Waals surface area contributed by atoms with Gasteiger partial charge in [0.1, 0.15) is 5.69 Å². The van der Waals surface area contributed by atoms with Crippen molar-refractivity contribution in [1.82, 2.24) is 4.98 Å². The number of aromatic nitrogens is 1. The number of nitrogens with one attached hydrogen (secondary N) is 2. The van der Waals surface area contributed by atoms with Crippen LogP contribution in [-0.4, -0.2) is 22.0 Å². The molecule has 1 heterocycles. The molecule has 0 spiro atoms. The SMILES string of the molecule is O=C(O)c1[nH]c2cc(Cl)cc(Cl)c2c1[C@@H]1C[C@H]1C(=O)Nc1ccccc1. The number of hydrogen-bond donors (Lipinski definition) is 3. The molecular formula is C19H14Cl2N2O3. The van der Waals surface area contributed by atoms with Gasteiger partial charge in [0.15, 0.2) is 0 Å². The smallest absolute Gasteiger partial charge is 0.352 e. The normalized spacial score (nSPS) is 18.7. The largest absolute Gasteiger partial charge is 0.477 e. The van der Waals surface area contributed by atoms with Crippen molar-refractivity contribution in [3.8, 4) is 0 Å². The summed E-state index contributed by atoms with van der Waals surface area (Å²) in [5, 5.41) is 13.8. The summed E-state index contributed by atoms with van der Waals surface area (Å²) in [7, 11) is 0.